The second-order valence-corrected chi connectivity index (χ2v) is 13.2. The highest BCUT2D eigenvalue weighted by molar-refractivity contribution is 5.98. The average Bonchev–Trinajstić information content (AvgIpc) is 3.65. The number of nitrogens with one attached hydrogen (secondary N) is 3. The Bertz CT molecular complexity index is 1890. The minimum Gasteiger partial charge on any atom is -0.342 e. The number of piperidine rings is 1. The number of hydrogen-bond acceptors (Lipinski definition) is 5. The number of rotatable bonds is 11. The number of imidazole rings is 1. The Hall–Kier alpha value is -5.28. The molecule has 0 aliphatic carbocycles. The number of amides is 3. The number of hydrogen-bond donors (Lipinski definition) is 3. The molecule has 0 bridgehead atoms. The first kappa shape index (κ1) is 32.3. The molecule has 2 aliphatic rings. The van der Waals surface area contributed by atoms with Gasteiger partial charge in [0.15, 0.2) is 0 Å². The molecule has 9 heteroatoms. The summed E-state index contributed by atoms with van der Waals surface area (Å²) in [6.07, 6.45) is 7.70. The maximum atomic E-state index is 14.2. The van der Waals surface area contributed by atoms with Gasteiger partial charge in [-0.3, -0.25) is 14.4 Å². The quantitative estimate of drug-likeness (QED) is 0.196. The van der Waals surface area contributed by atoms with E-state index in [1.54, 1.807) is 23.3 Å². The molecule has 1 aromatic heterocycles. The van der Waals surface area contributed by atoms with E-state index < -0.39 is 18.1 Å². The molecule has 2 fully saturated rings. The first-order valence-electron chi connectivity index (χ1n) is 17.2. The highest BCUT2D eigenvalue weighted by Gasteiger charge is 2.42. The van der Waals surface area contributed by atoms with Crippen molar-refractivity contribution in [1.82, 2.24) is 30.4 Å². The molecule has 7 rings (SSSR count). The third-order valence-electron chi connectivity index (χ3n) is 9.87. The summed E-state index contributed by atoms with van der Waals surface area (Å²) in [6.45, 7) is 2.37. The van der Waals surface area contributed by atoms with Crippen LogP contribution < -0.4 is 16.0 Å². The Balaban J connectivity index is 1.17. The summed E-state index contributed by atoms with van der Waals surface area (Å²) in [5, 5.41) is 11.7. The molecule has 1 unspecified atom stereocenters. The van der Waals surface area contributed by atoms with Crippen LogP contribution in [0.1, 0.15) is 24.0 Å². The van der Waals surface area contributed by atoms with E-state index >= 15 is 0 Å². The second kappa shape index (κ2) is 14.9. The van der Waals surface area contributed by atoms with Crippen LogP contribution in [0.3, 0.4) is 0 Å². The molecule has 49 heavy (non-hydrogen) atoms. The predicted octanol–water partition coefficient (Wildman–Crippen LogP) is 4.37. The Kier molecular flexibility index (Phi) is 9.79. The van der Waals surface area contributed by atoms with E-state index in [-0.39, 0.29) is 30.2 Å². The van der Waals surface area contributed by atoms with Gasteiger partial charge in [-0.2, -0.15) is 0 Å². The predicted molar refractivity (Wildman–Crippen MR) is 190 cm³/mol. The van der Waals surface area contributed by atoms with Crippen molar-refractivity contribution in [3.8, 4) is 11.1 Å². The van der Waals surface area contributed by atoms with Crippen molar-refractivity contribution >= 4 is 28.5 Å². The van der Waals surface area contributed by atoms with Crippen LogP contribution in [0, 0.1) is 5.92 Å². The Morgan fingerprint density at radius 1 is 0.816 bits per heavy atom. The summed E-state index contributed by atoms with van der Waals surface area (Å²) in [4.78, 5) is 48.0. The van der Waals surface area contributed by atoms with E-state index in [2.05, 4.69) is 69.5 Å². The van der Waals surface area contributed by atoms with Gasteiger partial charge in [0.05, 0.1) is 12.4 Å². The molecular weight excluding hydrogens is 612 g/mol. The van der Waals surface area contributed by atoms with Crippen LogP contribution >= 0.6 is 0 Å². The van der Waals surface area contributed by atoms with Gasteiger partial charge in [-0.15, -0.1) is 0 Å². The zero-order valence-corrected chi connectivity index (χ0v) is 27.5. The zero-order chi connectivity index (χ0) is 33.6. The molecule has 0 radical (unpaired) electrons. The lowest BCUT2D eigenvalue weighted by Crippen LogP contribution is -2.69. The maximum Gasteiger partial charge on any atom is 0.245 e. The molecule has 5 aromatic rings. The minimum atomic E-state index is -0.914. The van der Waals surface area contributed by atoms with E-state index in [1.807, 2.05) is 53.4 Å². The summed E-state index contributed by atoms with van der Waals surface area (Å²) in [6, 6.07) is 30.4. The molecule has 0 spiro atoms. The van der Waals surface area contributed by atoms with E-state index in [9.17, 15) is 14.4 Å². The standard InChI is InChI=1S/C40H42N6O3/c47-37(26-45-21-20-42-27-45)46(25-29-16-18-41-19-17-29)36(24-28-10-13-33(14-11-28)31-6-2-1-3-7-31)38-40(49)43-35(39(48)44-38)23-30-12-15-32-8-4-5-9-34(32)22-30/h1-15,20-22,27,29,35-36,38,41H,16-19,23-26H2,(H,43,49)(H,44,48)/t35-,36?,38-/m0/s1. The lowest BCUT2D eigenvalue weighted by atomic mass is 9.90. The highest BCUT2D eigenvalue weighted by atomic mass is 16.2. The van der Waals surface area contributed by atoms with Crippen LogP contribution in [0.2, 0.25) is 0 Å². The van der Waals surface area contributed by atoms with Gasteiger partial charge >= 0.3 is 0 Å². The van der Waals surface area contributed by atoms with Gasteiger partial charge in [0.1, 0.15) is 18.6 Å². The summed E-state index contributed by atoms with van der Waals surface area (Å²) in [5.74, 6) is -0.352. The number of carbonyl (C=O) groups is 3. The number of aromatic nitrogens is 2. The van der Waals surface area contributed by atoms with E-state index in [0.29, 0.717) is 19.4 Å². The lowest BCUT2D eigenvalue weighted by molar-refractivity contribution is -0.143. The summed E-state index contributed by atoms with van der Waals surface area (Å²) in [5.41, 5.74) is 4.15. The van der Waals surface area contributed by atoms with Crippen LogP contribution in [0.25, 0.3) is 21.9 Å². The molecule has 2 aliphatic heterocycles. The molecule has 250 valence electrons. The zero-order valence-electron chi connectivity index (χ0n) is 27.5. The molecular formula is C40H42N6O3. The van der Waals surface area contributed by atoms with Crippen molar-refractivity contribution < 1.29 is 14.4 Å². The summed E-state index contributed by atoms with van der Waals surface area (Å²) < 4.78 is 1.75. The fraction of sp³-hybridized carbons (Fsp3) is 0.300. The maximum absolute atomic E-state index is 14.2. The largest absolute Gasteiger partial charge is 0.342 e. The number of benzene rings is 4. The van der Waals surface area contributed by atoms with Crippen molar-refractivity contribution in [2.75, 3.05) is 19.6 Å². The topological polar surface area (TPSA) is 108 Å². The van der Waals surface area contributed by atoms with E-state index in [0.717, 1.165) is 59.0 Å². The fourth-order valence-electron chi connectivity index (χ4n) is 7.17. The molecule has 2 saturated heterocycles. The van der Waals surface area contributed by atoms with Gasteiger partial charge in [-0.05, 0) is 71.3 Å². The molecule has 3 N–H and O–H groups in total. The van der Waals surface area contributed by atoms with Crippen molar-refractivity contribution in [2.45, 2.75) is 50.4 Å². The first-order valence-corrected chi connectivity index (χ1v) is 17.2. The van der Waals surface area contributed by atoms with E-state index in [4.69, 9.17) is 0 Å². The number of fused-ring (bicyclic) bond motifs is 1. The minimum absolute atomic E-state index is 0.0985. The van der Waals surface area contributed by atoms with Crippen molar-refractivity contribution in [3.63, 3.8) is 0 Å². The second-order valence-electron chi connectivity index (χ2n) is 13.2. The Labute approximate surface area is 286 Å². The number of carbonyl (C=O) groups excluding carboxylic acids is 3. The van der Waals surface area contributed by atoms with Crippen LogP contribution in [0.4, 0.5) is 0 Å². The highest BCUT2D eigenvalue weighted by Crippen LogP contribution is 2.25. The normalized spacial score (nSPS) is 18.9. The van der Waals surface area contributed by atoms with Gasteiger partial charge in [-0.1, -0.05) is 97.1 Å². The van der Waals surface area contributed by atoms with Gasteiger partial charge in [0.2, 0.25) is 17.7 Å². The molecule has 3 heterocycles. The SMILES string of the molecule is O=C1N[C@@H](C(Cc2ccc(-c3ccccc3)cc2)N(CC2CCNCC2)C(=O)Cn2ccnc2)C(=O)N[C@H]1Cc1ccc2ccccc2c1. The molecule has 4 aromatic carbocycles. The van der Waals surface area contributed by atoms with Crippen LogP contribution in [-0.4, -0.2) is 69.9 Å². The molecule has 3 amide bonds. The smallest absolute Gasteiger partial charge is 0.245 e. The number of nitrogens with zero attached hydrogens (tertiary/aromatic N) is 3. The van der Waals surface area contributed by atoms with Crippen LogP contribution in [-0.2, 0) is 33.8 Å². The van der Waals surface area contributed by atoms with Crippen LogP contribution in [0.15, 0.2) is 116 Å². The molecule has 3 atom stereocenters. The van der Waals surface area contributed by atoms with Crippen molar-refractivity contribution in [2.24, 2.45) is 5.92 Å². The van der Waals surface area contributed by atoms with Gasteiger partial charge in [0.25, 0.3) is 0 Å². The van der Waals surface area contributed by atoms with E-state index in [1.165, 1.54) is 0 Å². The van der Waals surface area contributed by atoms with Gasteiger partial charge < -0.3 is 25.4 Å². The summed E-state index contributed by atoms with van der Waals surface area (Å²) >= 11 is 0. The Morgan fingerprint density at radius 2 is 1.53 bits per heavy atom. The molecule has 9 nitrogen and oxygen atoms in total. The lowest BCUT2D eigenvalue weighted by Gasteiger charge is -2.42. The van der Waals surface area contributed by atoms with Gasteiger partial charge in [-0.25, -0.2) is 4.98 Å². The van der Waals surface area contributed by atoms with Crippen molar-refractivity contribution in [3.05, 3.63) is 127 Å². The monoisotopic (exact) mass is 654 g/mol. The number of piperazine rings is 1. The van der Waals surface area contributed by atoms with Crippen molar-refractivity contribution in [1.29, 1.82) is 0 Å². The average molecular weight is 655 g/mol. The third kappa shape index (κ3) is 7.73. The first-order chi connectivity index (χ1) is 24.0. The third-order valence-corrected chi connectivity index (χ3v) is 9.87. The Morgan fingerprint density at radius 3 is 2.29 bits per heavy atom. The molecule has 0 saturated carbocycles. The van der Waals surface area contributed by atoms with Gasteiger partial charge in [0, 0.05) is 25.4 Å². The fourth-order valence-corrected chi connectivity index (χ4v) is 7.17. The van der Waals surface area contributed by atoms with Crippen LogP contribution in [0.5, 0.6) is 0 Å². The summed E-state index contributed by atoms with van der Waals surface area (Å²) in [7, 11) is 0.